The molecule has 2 aromatic rings. The molecule has 0 aliphatic carbocycles. The van der Waals surface area contributed by atoms with Crippen molar-refractivity contribution in [2.45, 2.75) is 25.0 Å². The number of aromatic nitrogens is 1. The van der Waals surface area contributed by atoms with E-state index in [-0.39, 0.29) is 13.2 Å². The number of aliphatic hydroxyl groups excluding tert-OH is 1. The van der Waals surface area contributed by atoms with Gasteiger partial charge in [-0.05, 0) is 24.6 Å². The second-order valence-electron chi connectivity index (χ2n) is 4.11. The highest BCUT2D eigenvalue weighted by atomic mass is 32.2. The molecule has 0 amide bonds. The molecule has 0 spiro atoms. The maximum atomic E-state index is 13.6. The predicted octanol–water partition coefficient (Wildman–Crippen LogP) is 1.56. The average molecular weight is 316 g/mol. The number of aryl methyl sites for hydroxylation is 1. The lowest BCUT2D eigenvalue weighted by atomic mass is 10.2. The molecule has 0 saturated carbocycles. The molecule has 8 heteroatoms. The first-order valence-corrected chi connectivity index (χ1v) is 8.08. The molecule has 0 aliphatic rings. The molecule has 2 N–H and O–H groups in total. The Balaban J connectivity index is 2.21. The monoisotopic (exact) mass is 316 g/mol. The van der Waals surface area contributed by atoms with Gasteiger partial charge in [-0.3, -0.25) is 0 Å². The third-order valence-corrected chi connectivity index (χ3v) is 4.82. The third-order valence-electron chi connectivity index (χ3n) is 2.58. The summed E-state index contributed by atoms with van der Waals surface area (Å²) in [4.78, 5) is 3.65. The zero-order chi connectivity index (χ0) is 14.8. The normalized spacial score (nSPS) is 11.8. The Bertz CT molecular complexity index is 713. The largest absolute Gasteiger partial charge is 0.392 e. The smallest absolute Gasteiger partial charge is 0.243 e. The van der Waals surface area contributed by atoms with Gasteiger partial charge in [0.2, 0.25) is 10.0 Å². The zero-order valence-electron chi connectivity index (χ0n) is 10.6. The molecule has 0 fully saturated rings. The number of rotatable bonds is 5. The molecule has 1 heterocycles. The fourth-order valence-electron chi connectivity index (χ4n) is 1.59. The van der Waals surface area contributed by atoms with Crippen LogP contribution in [0.1, 0.15) is 16.3 Å². The van der Waals surface area contributed by atoms with Crippen molar-refractivity contribution in [3.63, 3.8) is 0 Å². The molecule has 1 aromatic heterocycles. The minimum Gasteiger partial charge on any atom is -0.392 e. The van der Waals surface area contributed by atoms with Gasteiger partial charge < -0.3 is 5.11 Å². The van der Waals surface area contributed by atoms with Gasteiger partial charge in [0.15, 0.2) is 0 Å². The van der Waals surface area contributed by atoms with Crippen LogP contribution in [0.2, 0.25) is 0 Å². The van der Waals surface area contributed by atoms with Crippen molar-refractivity contribution < 1.29 is 17.9 Å². The minimum atomic E-state index is -3.98. The predicted molar refractivity (Wildman–Crippen MR) is 73.2 cm³/mol. The molecule has 0 unspecified atom stereocenters. The summed E-state index contributed by atoms with van der Waals surface area (Å²) in [6, 6.07) is 3.47. The van der Waals surface area contributed by atoms with Crippen molar-refractivity contribution in [3.8, 4) is 0 Å². The number of nitrogens with zero attached hydrogens (tertiary/aromatic N) is 1. The number of benzene rings is 1. The molecule has 1 aromatic carbocycles. The molecule has 5 nitrogen and oxygen atoms in total. The fourth-order valence-corrected chi connectivity index (χ4v) is 3.33. The molecule has 108 valence electrons. The molecule has 20 heavy (non-hydrogen) atoms. The summed E-state index contributed by atoms with van der Waals surface area (Å²) >= 11 is 1.41. The van der Waals surface area contributed by atoms with Gasteiger partial charge in [0.05, 0.1) is 23.9 Å². The van der Waals surface area contributed by atoms with E-state index in [2.05, 4.69) is 9.71 Å². The number of nitrogens with one attached hydrogen (secondary N) is 1. The van der Waals surface area contributed by atoms with E-state index in [1.807, 2.05) is 6.92 Å². The Hall–Kier alpha value is -1.35. The Labute approximate surface area is 120 Å². The first-order chi connectivity index (χ1) is 9.42. The van der Waals surface area contributed by atoms with E-state index in [1.165, 1.54) is 17.4 Å². The van der Waals surface area contributed by atoms with Crippen LogP contribution in [0, 0.1) is 12.7 Å². The van der Waals surface area contributed by atoms with E-state index >= 15 is 0 Å². The quantitative estimate of drug-likeness (QED) is 0.877. The van der Waals surface area contributed by atoms with Crippen molar-refractivity contribution in [1.29, 1.82) is 0 Å². The summed E-state index contributed by atoms with van der Waals surface area (Å²) in [5.41, 5.74) is 0.908. The van der Waals surface area contributed by atoms with Crippen LogP contribution in [0.5, 0.6) is 0 Å². The highest BCUT2D eigenvalue weighted by molar-refractivity contribution is 7.89. The Morgan fingerprint density at radius 1 is 1.45 bits per heavy atom. The molecule has 0 aliphatic heterocycles. The van der Waals surface area contributed by atoms with Crippen LogP contribution < -0.4 is 4.72 Å². The molecule has 2 rings (SSSR count). The molecule has 0 atom stereocenters. The lowest BCUT2D eigenvalue weighted by Gasteiger charge is -2.08. The van der Waals surface area contributed by atoms with Gasteiger partial charge in [-0.15, -0.1) is 11.3 Å². The van der Waals surface area contributed by atoms with Gasteiger partial charge in [-0.1, -0.05) is 6.07 Å². The first-order valence-electron chi connectivity index (χ1n) is 5.72. The summed E-state index contributed by atoms with van der Waals surface area (Å²) in [6.07, 6.45) is 0. The average Bonchev–Trinajstić information content (AvgIpc) is 2.83. The summed E-state index contributed by atoms with van der Waals surface area (Å²) in [7, 11) is -3.98. The lowest BCUT2D eigenvalue weighted by Crippen LogP contribution is -2.24. The van der Waals surface area contributed by atoms with Crippen LogP contribution in [-0.2, 0) is 23.2 Å². The standard InChI is InChI=1S/C12H13FN2O3S2/c1-8-15-10(7-19-8)5-14-20(17,18)12-4-9(6-16)2-3-11(12)13/h2-4,7,14,16H,5-6H2,1H3. The number of thiazole rings is 1. The van der Waals surface area contributed by atoms with Crippen molar-refractivity contribution in [3.05, 3.63) is 45.7 Å². The Kier molecular flexibility index (Phi) is 4.48. The van der Waals surface area contributed by atoms with Crippen LogP contribution in [0.15, 0.2) is 28.5 Å². The molecule has 0 bridgehead atoms. The van der Waals surface area contributed by atoms with E-state index < -0.39 is 20.7 Å². The van der Waals surface area contributed by atoms with E-state index in [1.54, 1.807) is 5.38 Å². The van der Waals surface area contributed by atoms with Gasteiger partial charge in [-0.25, -0.2) is 22.5 Å². The number of aliphatic hydroxyl groups is 1. The summed E-state index contributed by atoms with van der Waals surface area (Å²) in [5.74, 6) is -0.857. The van der Waals surface area contributed by atoms with Crippen molar-refractivity contribution >= 4 is 21.4 Å². The van der Waals surface area contributed by atoms with Crippen LogP contribution in [0.3, 0.4) is 0 Å². The van der Waals surface area contributed by atoms with Gasteiger partial charge in [0, 0.05) is 5.38 Å². The second kappa shape index (κ2) is 5.96. The number of hydrogen-bond donors (Lipinski definition) is 2. The maximum absolute atomic E-state index is 13.6. The van der Waals surface area contributed by atoms with E-state index in [4.69, 9.17) is 5.11 Å². The van der Waals surface area contributed by atoms with E-state index in [0.29, 0.717) is 11.3 Å². The second-order valence-corrected chi connectivity index (χ2v) is 6.90. The SMILES string of the molecule is Cc1nc(CNS(=O)(=O)c2cc(CO)ccc2F)cs1. The summed E-state index contributed by atoms with van der Waals surface area (Å²) in [6.45, 7) is 1.45. The number of hydrogen-bond acceptors (Lipinski definition) is 5. The lowest BCUT2D eigenvalue weighted by molar-refractivity contribution is 0.281. The highest BCUT2D eigenvalue weighted by Gasteiger charge is 2.19. The first kappa shape index (κ1) is 15.0. The molecule has 0 radical (unpaired) electrons. The number of halogens is 1. The van der Waals surface area contributed by atoms with Crippen LogP contribution in [0.25, 0.3) is 0 Å². The van der Waals surface area contributed by atoms with E-state index in [9.17, 15) is 12.8 Å². The van der Waals surface area contributed by atoms with Gasteiger partial charge in [0.25, 0.3) is 0 Å². The summed E-state index contributed by atoms with van der Waals surface area (Å²) in [5, 5.41) is 11.5. The molecular formula is C12H13FN2O3S2. The zero-order valence-corrected chi connectivity index (χ0v) is 12.3. The van der Waals surface area contributed by atoms with Crippen LogP contribution in [0.4, 0.5) is 4.39 Å². The molecule has 0 saturated heterocycles. The highest BCUT2D eigenvalue weighted by Crippen LogP contribution is 2.17. The Morgan fingerprint density at radius 2 is 2.20 bits per heavy atom. The number of sulfonamides is 1. The minimum absolute atomic E-state index is 0.00450. The third kappa shape index (κ3) is 3.40. The van der Waals surface area contributed by atoms with Gasteiger partial charge in [-0.2, -0.15) is 0 Å². The molecular weight excluding hydrogens is 303 g/mol. The van der Waals surface area contributed by atoms with Crippen molar-refractivity contribution in [1.82, 2.24) is 9.71 Å². The van der Waals surface area contributed by atoms with Crippen LogP contribution in [-0.4, -0.2) is 18.5 Å². The van der Waals surface area contributed by atoms with Crippen molar-refractivity contribution in [2.24, 2.45) is 0 Å². The van der Waals surface area contributed by atoms with Gasteiger partial charge in [0.1, 0.15) is 10.7 Å². The Morgan fingerprint density at radius 3 is 2.80 bits per heavy atom. The van der Waals surface area contributed by atoms with E-state index in [0.717, 1.165) is 17.1 Å². The summed E-state index contributed by atoms with van der Waals surface area (Å²) < 4.78 is 40.0. The van der Waals surface area contributed by atoms with Crippen LogP contribution >= 0.6 is 11.3 Å². The van der Waals surface area contributed by atoms with Crippen molar-refractivity contribution in [2.75, 3.05) is 0 Å². The van der Waals surface area contributed by atoms with Gasteiger partial charge >= 0.3 is 0 Å². The fraction of sp³-hybridized carbons (Fsp3) is 0.250. The maximum Gasteiger partial charge on any atom is 0.243 e. The topological polar surface area (TPSA) is 79.3 Å².